The van der Waals surface area contributed by atoms with Crippen LogP contribution in [0.1, 0.15) is 25.1 Å². The first kappa shape index (κ1) is 16.5. The lowest BCUT2D eigenvalue weighted by atomic mass is 10.2. The summed E-state index contributed by atoms with van der Waals surface area (Å²) in [5, 5.41) is 8.74. The van der Waals surface area contributed by atoms with Crippen molar-refractivity contribution in [3.63, 3.8) is 0 Å². The van der Waals surface area contributed by atoms with Crippen molar-refractivity contribution in [1.82, 2.24) is 19.4 Å². The molecule has 1 N–H and O–H groups in total. The predicted octanol–water partition coefficient (Wildman–Crippen LogP) is 0.453. The normalized spacial score (nSPS) is 18.1. The van der Waals surface area contributed by atoms with E-state index in [1.165, 1.54) is 0 Å². The van der Waals surface area contributed by atoms with Crippen molar-refractivity contribution in [3.8, 4) is 0 Å². The highest BCUT2D eigenvalue weighted by Gasteiger charge is 2.27. The number of carboxylic acid groups (broad SMARTS) is 1. The van der Waals surface area contributed by atoms with Gasteiger partial charge < -0.3 is 19.5 Å². The molecule has 0 spiro atoms. The van der Waals surface area contributed by atoms with E-state index in [-0.39, 0.29) is 12.3 Å². The van der Waals surface area contributed by atoms with Gasteiger partial charge in [-0.3, -0.25) is 9.59 Å². The van der Waals surface area contributed by atoms with Gasteiger partial charge in [-0.05, 0) is 20.5 Å². The summed E-state index contributed by atoms with van der Waals surface area (Å²) in [6, 6.07) is 0.446. The Kier molecular flexibility index (Phi) is 5.54. The van der Waals surface area contributed by atoms with Gasteiger partial charge in [0.25, 0.3) is 0 Å². The highest BCUT2D eigenvalue weighted by Crippen LogP contribution is 2.15. The lowest BCUT2D eigenvalue weighted by Gasteiger charge is -2.20. The van der Waals surface area contributed by atoms with E-state index < -0.39 is 5.97 Å². The number of carboxylic acids is 1. The molecule has 0 saturated carbocycles. The van der Waals surface area contributed by atoms with Gasteiger partial charge in [-0.2, -0.15) is 0 Å². The van der Waals surface area contributed by atoms with Gasteiger partial charge in [0.2, 0.25) is 5.91 Å². The van der Waals surface area contributed by atoms with Crippen molar-refractivity contribution in [2.75, 3.05) is 27.2 Å². The van der Waals surface area contributed by atoms with Crippen molar-refractivity contribution in [1.29, 1.82) is 0 Å². The maximum Gasteiger partial charge on any atom is 0.305 e. The standard InChI is InChI=1S/C15H24N4O3/c1-17(2)12-5-8-19(11-12)14(20)4-3-13-16-7-10-18(13)9-6-15(21)22/h7,10,12H,3-6,8-9,11H2,1-2H3,(H,21,22). The topological polar surface area (TPSA) is 78.7 Å². The first-order chi connectivity index (χ1) is 10.5. The molecule has 1 fully saturated rings. The predicted molar refractivity (Wildman–Crippen MR) is 81.5 cm³/mol. The second kappa shape index (κ2) is 7.40. The van der Waals surface area contributed by atoms with Crippen LogP contribution in [-0.2, 0) is 22.6 Å². The molecular weight excluding hydrogens is 284 g/mol. The zero-order chi connectivity index (χ0) is 16.1. The molecular formula is C15H24N4O3. The lowest BCUT2D eigenvalue weighted by molar-refractivity contribution is -0.137. The number of rotatable bonds is 7. The quantitative estimate of drug-likeness (QED) is 0.791. The van der Waals surface area contributed by atoms with Crippen LogP contribution in [0, 0.1) is 0 Å². The summed E-state index contributed by atoms with van der Waals surface area (Å²) in [4.78, 5) is 31.2. The fraction of sp³-hybridized carbons (Fsp3) is 0.667. The summed E-state index contributed by atoms with van der Waals surface area (Å²) < 4.78 is 1.81. The molecule has 7 nitrogen and oxygen atoms in total. The second-order valence-electron chi connectivity index (χ2n) is 5.93. The van der Waals surface area contributed by atoms with Crippen molar-refractivity contribution < 1.29 is 14.7 Å². The van der Waals surface area contributed by atoms with Gasteiger partial charge in [-0.25, -0.2) is 4.98 Å². The molecule has 122 valence electrons. The third-order valence-corrected chi connectivity index (χ3v) is 4.18. The highest BCUT2D eigenvalue weighted by molar-refractivity contribution is 5.76. The number of imidazole rings is 1. The maximum atomic E-state index is 12.3. The summed E-state index contributed by atoms with van der Waals surface area (Å²) in [5.41, 5.74) is 0. The molecule has 1 unspecified atom stereocenters. The Morgan fingerprint density at radius 2 is 2.18 bits per heavy atom. The van der Waals surface area contributed by atoms with E-state index in [4.69, 9.17) is 5.11 Å². The number of nitrogens with zero attached hydrogens (tertiary/aromatic N) is 4. The van der Waals surface area contributed by atoms with Crippen molar-refractivity contribution in [2.24, 2.45) is 0 Å². The molecule has 1 saturated heterocycles. The molecule has 1 aliphatic heterocycles. The SMILES string of the molecule is CN(C)C1CCN(C(=O)CCc2nccn2CCC(=O)O)C1. The van der Waals surface area contributed by atoms with Crippen LogP contribution in [0.25, 0.3) is 0 Å². The number of carbonyl (C=O) groups excluding carboxylic acids is 1. The lowest BCUT2D eigenvalue weighted by Crippen LogP contribution is -2.34. The summed E-state index contributed by atoms with van der Waals surface area (Å²) in [5.74, 6) is 0.0950. The molecule has 0 radical (unpaired) electrons. The molecule has 1 amide bonds. The second-order valence-corrected chi connectivity index (χ2v) is 5.93. The Bertz CT molecular complexity index is 527. The average Bonchev–Trinajstić information content (AvgIpc) is 3.11. The number of aliphatic carboxylic acids is 1. The molecule has 2 rings (SSSR count). The van der Waals surface area contributed by atoms with E-state index in [1.54, 1.807) is 12.4 Å². The number of aromatic nitrogens is 2. The summed E-state index contributed by atoms with van der Waals surface area (Å²) in [6.45, 7) is 2.00. The number of hydrogen-bond donors (Lipinski definition) is 1. The monoisotopic (exact) mass is 308 g/mol. The Morgan fingerprint density at radius 1 is 1.41 bits per heavy atom. The largest absolute Gasteiger partial charge is 0.481 e. The van der Waals surface area contributed by atoms with Gasteiger partial charge in [0.05, 0.1) is 6.42 Å². The molecule has 2 heterocycles. The van der Waals surface area contributed by atoms with Crippen LogP contribution in [0.15, 0.2) is 12.4 Å². The van der Waals surface area contributed by atoms with Crippen LogP contribution >= 0.6 is 0 Å². The van der Waals surface area contributed by atoms with Gasteiger partial charge in [-0.15, -0.1) is 0 Å². The van der Waals surface area contributed by atoms with Crippen LogP contribution in [0.3, 0.4) is 0 Å². The van der Waals surface area contributed by atoms with Gasteiger partial charge in [0.1, 0.15) is 5.82 Å². The van der Waals surface area contributed by atoms with Crippen LogP contribution in [0.2, 0.25) is 0 Å². The van der Waals surface area contributed by atoms with Gasteiger partial charge in [0.15, 0.2) is 0 Å². The highest BCUT2D eigenvalue weighted by atomic mass is 16.4. The summed E-state index contributed by atoms with van der Waals surface area (Å²) in [6.07, 6.45) is 5.47. The molecule has 22 heavy (non-hydrogen) atoms. The van der Waals surface area contributed by atoms with E-state index in [2.05, 4.69) is 9.88 Å². The maximum absolute atomic E-state index is 12.3. The Hall–Kier alpha value is -1.89. The zero-order valence-electron chi connectivity index (χ0n) is 13.2. The van der Waals surface area contributed by atoms with E-state index >= 15 is 0 Å². The minimum absolute atomic E-state index is 0.0634. The molecule has 1 atom stereocenters. The molecule has 0 bridgehead atoms. The smallest absolute Gasteiger partial charge is 0.305 e. The Balaban J connectivity index is 1.82. The Labute approximate surface area is 130 Å². The van der Waals surface area contributed by atoms with Crippen LogP contribution < -0.4 is 0 Å². The number of hydrogen-bond acceptors (Lipinski definition) is 4. The fourth-order valence-electron chi connectivity index (χ4n) is 2.75. The number of likely N-dealkylation sites (N-methyl/N-ethyl adjacent to an activating group) is 1. The number of aryl methyl sites for hydroxylation is 2. The van der Waals surface area contributed by atoms with E-state index in [0.717, 1.165) is 25.3 Å². The van der Waals surface area contributed by atoms with E-state index in [9.17, 15) is 9.59 Å². The minimum Gasteiger partial charge on any atom is -0.481 e. The van der Waals surface area contributed by atoms with Crippen LogP contribution in [-0.4, -0.2) is 69.6 Å². The van der Waals surface area contributed by atoms with Crippen molar-refractivity contribution in [3.05, 3.63) is 18.2 Å². The molecule has 0 aromatic carbocycles. The molecule has 1 aliphatic rings. The fourth-order valence-corrected chi connectivity index (χ4v) is 2.75. The first-order valence-corrected chi connectivity index (χ1v) is 7.63. The van der Waals surface area contributed by atoms with E-state index in [1.807, 2.05) is 23.6 Å². The van der Waals surface area contributed by atoms with E-state index in [0.29, 0.717) is 25.4 Å². The molecule has 1 aromatic rings. The third kappa shape index (κ3) is 4.30. The number of carbonyl (C=O) groups is 2. The van der Waals surface area contributed by atoms with Gasteiger partial charge in [-0.1, -0.05) is 0 Å². The third-order valence-electron chi connectivity index (χ3n) is 4.18. The summed E-state index contributed by atoms with van der Waals surface area (Å²) in [7, 11) is 4.08. The molecule has 1 aromatic heterocycles. The minimum atomic E-state index is -0.831. The Morgan fingerprint density at radius 3 is 2.82 bits per heavy atom. The first-order valence-electron chi connectivity index (χ1n) is 7.63. The van der Waals surface area contributed by atoms with Crippen LogP contribution in [0.4, 0.5) is 0 Å². The summed E-state index contributed by atoms with van der Waals surface area (Å²) >= 11 is 0. The molecule has 0 aliphatic carbocycles. The molecule has 7 heteroatoms. The van der Waals surface area contributed by atoms with Crippen molar-refractivity contribution in [2.45, 2.75) is 38.3 Å². The number of amides is 1. The van der Waals surface area contributed by atoms with Crippen molar-refractivity contribution >= 4 is 11.9 Å². The van der Waals surface area contributed by atoms with Crippen LogP contribution in [0.5, 0.6) is 0 Å². The zero-order valence-corrected chi connectivity index (χ0v) is 13.2. The average molecular weight is 308 g/mol. The van der Waals surface area contributed by atoms with Gasteiger partial charge >= 0.3 is 5.97 Å². The van der Waals surface area contributed by atoms with Gasteiger partial charge in [0, 0.05) is 50.9 Å². The number of likely N-dealkylation sites (tertiary alicyclic amines) is 1.